The van der Waals surface area contributed by atoms with Gasteiger partial charge in [0.2, 0.25) is 0 Å². The number of hydrogen-bond acceptors (Lipinski definition) is 3. The highest BCUT2D eigenvalue weighted by Crippen LogP contribution is 2.26. The van der Waals surface area contributed by atoms with Gasteiger partial charge in [0.05, 0.1) is 16.6 Å². The van der Waals surface area contributed by atoms with E-state index in [1.165, 1.54) is 0 Å². The van der Waals surface area contributed by atoms with E-state index in [9.17, 15) is 4.79 Å². The second-order valence-electron chi connectivity index (χ2n) is 5.48. The fraction of sp³-hybridized carbons (Fsp3) is 0.100. The van der Waals surface area contributed by atoms with Crippen LogP contribution in [0.3, 0.4) is 0 Å². The van der Waals surface area contributed by atoms with Gasteiger partial charge in [0.25, 0.3) is 5.56 Å². The molecule has 0 aliphatic carbocycles. The number of aromatic nitrogens is 2. The van der Waals surface area contributed by atoms with Crippen molar-refractivity contribution in [3.05, 3.63) is 77.1 Å². The molecule has 1 heterocycles. The lowest BCUT2D eigenvalue weighted by Crippen LogP contribution is -2.22. The second kappa shape index (κ2) is 6.13. The quantitative estimate of drug-likeness (QED) is 0.404. The standard InChI is InChI=1S/C20H16N2OS/c1-2-24-20-21-17-12-6-5-11-16(17)19(23)22(20)18-13-7-9-14-8-3-4-10-15(14)18/h3-13H,2H2,1H3. The molecule has 3 nitrogen and oxygen atoms in total. The molecule has 0 unspecified atom stereocenters. The van der Waals surface area contributed by atoms with Crippen molar-refractivity contribution in [3.63, 3.8) is 0 Å². The molecule has 1 aromatic heterocycles. The molecule has 0 fully saturated rings. The Bertz CT molecular complexity index is 1100. The summed E-state index contributed by atoms with van der Waals surface area (Å²) in [5, 5.41) is 3.54. The van der Waals surface area contributed by atoms with Crippen LogP contribution in [0, 0.1) is 0 Å². The Balaban J connectivity index is 2.13. The lowest BCUT2D eigenvalue weighted by atomic mass is 10.1. The van der Waals surface area contributed by atoms with Crippen LogP contribution in [0.1, 0.15) is 6.92 Å². The molecule has 0 N–H and O–H groups in total. The van der Waals surface area contributed by atoms with Crippen LogP contribution in [0.25, 0.3) is 27.4 Å². The summed E-state index contributed by atoms with van der Waals surface area (Å²) in [4.78, 5) is 17.9. The van der Waals surface area contributed by atoms with Crippen LogP contribution in [0.4, 0.5) is 0 Å². The molecule has 0 amide bonds. The van der Waals surface area contributed by atoms with Crippen molar-refractivity contribution in [2.75, 3.05) is 5.75 Å². The Hall–Kier alpha value is -2.59. The lowest BCUT2D eigenvalue weighted by Gasteiger charge is -2.14. The third-order valence-electron chi connectivity index (χ3n) is 4.03. The van der Waals surface area contributed by atoms with Gasteiger partial charge in [0, 0.05) is 5.39 Å². The zero-order valence-electron chi connectivity index (χ0n) is 13.3. The minimum Gasteiger partial charge on any atom is -0.268 e. The molecule has 0 spiro atoms. The predicted octanol–water partition coefficient (Wildman–Crippen LogP) is 4.65. The summed E-state index contributed by atoms with van der Waals surface area (Å²) in [5.41, 5.74) is 1.61. The minimum absolute atomic E-state index is 0.0205. The van der Waals surface area contributed by atoms with E-state index in [0.29, 0.717) is 5.39 Å². The topological polar surface area (TPSA) is 34.9 Å². The van der Waals surface area contributed by atoms with E-state index in [1.807, 2.05) is 54.6 Å². The number of benzene rings is 3. The van der Waals surface area contributed by atoms with Crippen LogP contribution in [-0.4, -0.2) is 15.3 Å². The molecule has 4 aromatic rings. The maximum atomic E-state index is 13.2. The first kappa shape index (κ1) is 15.0. The first-order valence-electron chi connectivity index (χ1n) is 7.92. The van der Waals surface area contributed by atoms with Gasteiger partial charge in [-0.05, 0) is 29.3 Å². The van der Waals surface area contributed by atoms with Crippen LogP contribution in [0.5, 0.6) is 0 Å². The van der Waals surface area contributed by atoms with Crippen molar-refractivity contribution in [2.45, 2.75) is 12.1 Å². The first-order chi connectivity index (χ1) is 11.8. The zero-order chi connectivity index (χ0) is 16.5. The highest BCUT2D eigenvalue weighted by molar-refractivity contribution is 7.99. The molecular weight excluding hydrogens is 316 g/mol. The van der Waals surface area contributed by atoms with Crippen molar-refractivity contribution in [3.8, 4) is 5.69 Å². The fourth-order valence-electron chi connectivity index (χ4n) is 2.95. The molecule has 0 saturated carbocycles. The van der Waals surface area contributed by atoms with E-state index in [0.717, 1.165) is 32.9 Å². The second-order valence-corrected chi connectivity index (χ2v) is 6.71. The van der Waals surface area contributed by atoms with E-state index < -0.39 is 0 Å². The molecule has 24 heavy (non-hydrogen) atoms. The Labute approximate surface area is 144 Å². The predicted molar refractivity (Wildman–Crippen MR) is 101 cm³/mol. The molecule has 0 atom stereocenters. The fourth-order valence-corrected chi connectivity index (χ4v) is 3.69. The van der Waals surface area contributed by atoms with Crippen LogP contribution >= 0.6 is 11.8 Å². The highest BCUT2D eigenvalue weighted by Gasteiger charge is 2.14. The normalized spacial score (nSPS) is 11.2. The van der Waals surface area contributed by atoms with Crippen LogP contribution in [0.15, 0.2) is 76.7 Å². The molecule has 4 heteroatoms. The van der Waals surface area contributed by atoms with Gasteiger partial charge in [-0.15, -0.1) is 0 Å². The van der Waals surface area contributed by atoms with E-state index in [4.69, 9.17) is 4.98 Å². The van der Waals surface area contributed by atoms with Gasteiger partial charge in [0.1, 0.15) is 0 Å². The van der Waals surface area contributed by atoms with Crippen molar-refractivity contribution >= 4 is 33.4 Å². The van der Waals surface area contributed by atoms with Gasteiger partial charge in [-0.3, -0.25) is 9.36 Å². The van der Waals surface area contributed by atoms with E-state index in [2.05, 4.69) is 19.1 Å². The van der Waals surface area contributed by atoms with Crippen molar-refractivity contribution in [1.82, 2.24) is 9.55 Å². The number of para-hydroxylation sites is 1. The average Bonchev–Trinajstić information content (AvgIpc) is 2.62. The summed E-state index contributed by atoms with van der Waals surface area (Å²) in [6, 6.07) is 21.7. The largest absolute Gasteiger partial charge is 0.268 e. The smallest absolute Gasteiger partial charge is 0.266 e. The Kier molecular flexibility index (Phi) is 3.82. The molecule has 4 rings (SSSR count). The van der Waals surface area contributed by atoms with Gasteiger partial charge in [-0.1, -0.05) is 67.2 Å². The Morgan fingerprint density at radius 2 is 1.62 bits per heavy atom. The van der Waals surface area contributed by atoms with Crippen LogP contribution in [0.2, 0.25) is 0 Å². The van der Waals surface area contributed by atoms with Gasteiger partial charge in [-0.2, -0.15) is 0 Å². The summed E-state index contributed by atoms with van der Waals surface area (Å²) in [6.07, 6.45) is 0. The van der Waals surface area contributed by atoms with Gasteiger partial charge in [-0.25, -0.2) is 4.98 Å². The SMILES string of the molecule is CCSc1nc2ccccc2c(=O)n1-c1cccc2ccccc12. The monoisotopic (exact) mass is 332 g/mol. The molecule has 0 aliphatic heterocycles. The maximum absolute atomic E-state index is 13.2. The number of fused-ring (bicyclic) bond motifs is 2. The van der Waals surface area contributed by atoms with Crippen molar-refractivity contribution < 1.29 is 0 Å². The molecule has 0 aliphatic rings. The van der Waals surface area contributed by atoms with E-state index in [1.54, 1.807) is 16.3 Å². The number of thioether (sulfide) groups is 1. The van der Waals surface area contributed by atoms with E-state index in [-0.39, 0.29) is 5.56 Å². The summed E-state index contributed by atoms with van der Waals surface area (Å²) >= 11 is 1.59. The molecule has 0 saturated heterocycles. The third-order valence-corrected chi connectivity index (χ3v) is 4.85. The molecular formula is C20H16N2OS. The summed E-state index contributed by atoms with van der Waals surface area (Å²) in [7, 11) is 0. The minimum atomic E-state index is -0.0205. The van der Waals surface area contributed by atoms with Crippen molar-refractivity contribution in [1.29, 1.82) is 0 Å². The van der Waals surface area contributed by atoms with Gasteiger partial charge in [0.15, 0.2) is 5.16 Å². The molecule has 0 bridgehead atoms. The van der Waals surface area contributed by atoms with Gasteiger partial charge >= 0.3 is 0 Å². The Morgan fingerprint density at radius 3 is 2.46 bits per heavy atom. The molecule has 0 radical (unpaired) electrons. The zero-order valence-corrected chi connectivity index (χ0v) is 14.1. The van der Waals surface area contributed by atoms with Gasteiger partial charge < -0.3 is 0 Å². The first-order valence-corrected chi connectivity index (χ1v) is 8.91. The lowest BCUT2D eigenvalue weighted by molar-refractivity contribution is 0.825. The summed E-state index contributed by atoms with van der Waals surface area (Å²) in [5.74, 6) is 0.857. The molecule has 3 aromatic carbocycles. The Morgan fingerprint density at radius 1 is 0.917 bits per heavy atom. The van der Waals surface area contributed by atoms with Crippen molar-refractivity contribution in [2.24, 2.45) is 0 Å². The highest BCUT2D eigenvalue weighted by atomic mass is 32.2. The average molecular weight is 332 g/mol. The number of rotatable bonds is 3. The number of hydrogen-bond donors (Lipinski definition) is 0. The third kappa shape index (κ3) is 2.39. The summed E-state index contributed by atoms with van der Waals surface area (Å²) in [6.45, 7) is 2.07. The molecule has 118 valence electrons. The van der Waals surface area contributed by atoms with Crippen LogP contribution < -0.4 is 5.56 Å². The van der Waals surface area contributed by atoms with Crippen LogP contribution in [-0.2, 0) is 0 Å². The van der Waals surface area contributed by atoms with E-state index >= 15 is 0 Å². The summed E-state index contributed by atoms with van der Waals surface area (Å²) < 4.78 is 1.75. The number of nitrogens with zero attached hydrogens (tertiary/aromatic N) is 2. The maximum Gasteiger partial charge on any atom is 0.266 e.